The summed E-state index contributed by atoms with van der Waals surface area (Å²) in [7, 11) is 0. The van der Waals surface area contributed by atoms with Gasteiger partial charge in [-0.1, -0.05) is 25.1 Å². The number of aryl methyl sites for hydroxylation is 1. The maximum atomic E-state index is 13.4. The summed E-state index contributed by atoms with van der Waals surface area (Å²) in [5.74, 6) is -0.452. The van der Waals surface area contributed by atoms with Gasteiger partial charge in [0.2, 0.25) is 0 Å². The number of nitrogens with one attached hydrogen (secondary N) is 1. The first-order chi connectivity index (χ1) is 8.70. The lowest BCUT2D eigenvalue weighted by atomic mass is 10.2. The maximum absolute atomic E-state index is 13.4. The fourth-order valence-electron chi connectivity index (χ4n) is 1.60. The molecule has 1 aromatic carbocycles. The van der Waals surface area contributed by atoms with Crippen molar-refractivity contribution in [3.63, 3.8) is 0 Å². The molecule has 0 spiro atoms. The van der Waals surface area contributed by atoms with E-state index in [0.717, 1.165) is 6.42 Å². The molecule has 0 fully saturated rings. The van der Waals surface area contributed by atoms with Crippen molar-refractivity contribution in [3.8, 4) is 0 Å². The summed E-state index contributed by atoms with van der Waals surface area (Å²) in [6.45, 7) is 2.26. The summed E-state index contributed by atoms with van der Waals surface area (Å²) in [5.41, 5.74) is 1.14. The monoisotopic (exact) mass is 263 g/mol. The van der Waals surface area contributed by atoms with E-state index >= 15 is 0 Å². The Morgan fingerprint density at radius 2 is 2.17 bits per heavy atom. The second kappa shape index (κ2) is 5.78. The van der Waals surface area contributed by atoms with Gasteiger partial charge in [0.05, 0.1) is 5.56 Å². The highest BCUT2D eigenvalue weighted by molar-refractivity contribution is 7.10. The van der Waals surface area contributed by atoms with Crippen molar-refractivity contribution < 1.29 is 9.18 Å². The molecule has 2 nitrogen and oxygen atoms in total. The first kappa shape index (κ1) is 12.8. The Bertz CT molecular complexity index is 550. The summed E-state index contributed by atoms with van der Waals surface area (Å²) in [5, 5.41) is 4.55. The van der Waals surface area contributed by atoms with Crippen LogP contribution in [0.25, 0.3) is 0 Å². The van der Waals surface area contributed by atoms with Gasteiger partial charge in [-0.25, -0.2) is 4.39 Å². The Balaban J connectivity index is 1.98. The SMILES string of the molecule is CCc1cc(C(=O)NCc2ccccc2F)cs1. The van der Waals surface area contributed by atoms with Gasteiger partial charge in [-0.2, -0.15) is 0 Å². The second-order valence-electron chi connectivity index (χ2n) is 3.93. The molecule has 1 N–H and O–H groups in total. The van der Waals surface area contributed by atoms with Crippen LogP contribution < -0.4 is 5.32 Å². The number of rotatable bonds is 4. The Morgan fingerprint density at radius 3 is 2.83 bits per heavy atom. The van der Waals surface area contributed by atoms with Crippen molar-refractivity contribution >= 4 is 17.2 Å². The second-order valence-corrected chi connectivity index (χ2v) is 4.93. The lowest BCUT2D eigenvalue weighted by Gasteiger charge is -2.04. The van der Waals surface area contributed by atoms with Gasteiger partial charge >= 0.3 is 0 Å². The number of carbonyl (C=O) groups is 1. The van der Waals surface area contributed by atoms with E-state index in [2.05, 4.69) is 5.32 Å². The number of hydrogen-bond acceptors (Lipinski definition) is 2. The summed E-state index contributed by atoms with van der Waals surface area (Å²) >= 11 is 1.57. The molecule has 2 rings (SSSR count). The van der Waals surface area contributed by atoms with E-state index in [1.807, 2.05) is 18.4 Å². The number of carbonyl (C=O) groups excluding carboxylic acids is 1. The standard InChI is InChI=1S/C14H14FNOS/c1-2-12-7-11(9-18-12)14(17)16-8-10-5-3-4-6-13(10)15/h3-7,9H,2,8H2,1H3,(H,16,17). The Morgan fingerprint density at radius 1 is 1.39 bits per heavy atom. The van der Waals surface area contributed by atoms with Gasteiger partial charge < -0.3 is 5.32 Å². The van der Waals surface area contributed by atoms with Crippen molar-refractivity contribution in [1.82, 2.24) is 5.32 Å². The average Bonchev–Trinajstić information content (AvgIpc) is 2.86. The average molecular weight is 263 g/mol. The molecule has 18 heavy (non-hydrogen) atoms. The molecule has 0 radical (unpaired) electrons. The zero-order valence-corrected chi connectivity index (χ0v) is 10.9. The van der Waals surface area contributed by atoms with Crippen LogP contribution in [0.4, 0.5) is 4.39 Å². The molecular weight excluding hydrogens is 249 g/mol. The largest absolute Gasteiger partial charge is 0.348 e. The zero-order chi connectivity index (χ0) is 13.0. The van der Waals surface area contributed by atoms with Crippen LogP contribution >= 0.6 is 11.3 Å². The smallest absolute Gasteiger partial charge is 0.252 e. The molecule has 4 heteroatoms. The molecule has 94 valence electrons. The Kier molecular flexibility index (Phi) is 4.10. The highest BCUT2D eigenvalue weighted by Gasteiger charge is 2.08. The minimum absolute atomic E-state index is 0.158. The van der Waals surface area contributed by atoms with Crippen LogP contribution in [-0.2, 0) is 13.0 Å². The van der Waals surface area contributed by atoms with Gasteiger partial charge in [-0.05, 0) is 18.6 Å². The van der Waals surface area contributed by atoms with Crippen LogP contribution in [-0.4, -0.2) is 5.91 Å². The van der Waals surface area contributed by atoms with Crippen LogP contribution in [0.2, 0.25) is 0 Å². The summed E-state index contributed by atoms with van der Waals surface area (Å²) in [4.78, 5) is 13.0. The topological polar surface area (TPSA) is 29.1 Å². The van der Waals surface area contributed by atoms with Crippen LogP contribution in [0.1, 0.15) is 27.7 Å². The van der Waals surface area contributed by atoms with Gasteiger partial charge in [0.1, 0.15) is 5.82 Å². The van der Waals surface area contributed by atoms with Crippen LogP contribution in [0.5, 0.6) is 0 Å². The minimum Gasteiger partial charge on any atom is -0.348 e. The fraction of sp³-hybridized carbons (Fsp3) is 0.214. The minimum atomic E-state index is -0.294. The van der Waals surface area contributed by atoms with Crippen LogP contribution in [0.3, 0.4) is 0 Å². The summed E-state index contributed by atoms with van der Waals surface area (Å²) < 4.78 is 13.4. The third-order valence-electron chi connectivity index (χ3n) is 2.66. The first-order valence-corrected chi connectivity index (χ1v) is 6.67. The molecule has 0 saturated heterocycles. The predicted molar refractivity (Wildman–Crippen MR) is 71.3 cm³/mol. The molecule has 0 aliphatic heterocycles. The molecule has 0 aliphatic carbocycles. The Hall–Kier alpha value is -1.68. The highest BCUT2D eigenvalue weighted by atomic mass is 32.1. The van der Waals surface area contributed by atoms with Gasteiger partial charge in [0.25, 0.3) is 5.91 Å². The number of hydrogen-bond donors (Lipinski definition) is 1. The molecule has 0 saturated carbocycles. The van der Waals surface area contributed by atoms with Crippen molar-refractivity contribution in [1.29, 1.82) is 0 Å². The molecule has 0 atom stereocenters. The van der Waals surface area contributed by atoms with E-state index in [1.54, 1.807) is 29.5 Å². The molecule has 0 aliphatic rings. The van der Waals surface area contributed by atoms with Crippen molar-refractivity contribution in [2.24, 2.45) is 0 Å². The molecule has 1 aromatic heterocycles. The molecule has 0 bridgehead atoms. The van der Waals surface area contributed by atoms with Gasteiger partial charge in [-0.3, -0.25) is 4.79 Å². The molecular formula is C14H14FNOS. The first-order valence-electron chi connectivity index (χ1n) is 5.79. The molecule has 1 amide bonds. The van der Waals surface area contributed by atoms with Crippen molar-refractivity contribution in [3.05, 3.63) is 57.5 Å². The van der Waals surface area contributed by atoms with E-state index in [-0.39, 0.29) is 18.3 Å². The van der Waals surface area contributed by atoms with E-state index in [4.69, 9.17) is 0 Å². The number of benzene rings is 1. The zero-order valence-electron chi connectivity index (χ0n) is 10.1. The third-order valence-corrected chi connectivity index (χ3v) is 3.74. The van der Waals surface area contributed by atoms with E-state index < -0.39 is 0 Å². The number of amides is 1. The van der Waals surface area contributed by atoms with Crippen molar-refractivity contribution in [2.75, 3.05) is 0 Å². The van der Waals surface area contributed by atoms with Crippen LogP contribution in [0.15, 0.2) is 35.7 Å². The summed E-state index contributed by atoms with van der Waals surface area (Å²) in [6.07, 6.45) is 0.922. The third kappa shape index (κ3) is 2.96. The van der Waals surface area contributed by atoms with E-state index in [9.17, 15) is 9.18 Å². The summed E-state index contributed by atoms with van der Waals surface area (Å²) in [6, 6.07) is 8.32. The molecule has 0 unspecified atom stereocenters. The molecule has 2 aromatic rings. The van der Waals surface area contributed by atoms with Crippen molar-refractivity contribution in [2.45, 2.75) is 19.9 Å². The number of thiophene rings is 1. The lowest BCUT2D eigenvalue weighted by Crippen LogP contribution is -2.22. The molecule has 1 heterocycles. The highest BCUT2D eigenvalue weighted by Crippen LogP contribution is 2.15. The predicted octanol–water partition coefficient (Wildman–Crippen LogP) is 3.38. The van der Waals surface area contributed by atoms with Gasteiger partial charge in [-0.15, -0.1) is 11.3 Å². The Labute approximate surface area is 109 Å². The quantitative estimate of drug-likeness (QED) is 0.900. The van der Waals surface area contributed by atoms with E-state index in [0.29, 0.717) is 11.1 Å². The van der Waals surface area contributed by atoms with E-state index in [1.165, 1.54) is 10.9 Å². The normalized spacial score (nSPS) is 10.3. The lowest BCUT2D eigenvalue weighted by molar-refractivity contribution is 0.0951. The fourth-order valence-corrected chi connectivity index (χ4v) is 2.42. The van der Waals surface area contributed by atoms with Gasteiger partial charge in [0, 0.05) is 22.4 Å². The van der Waals surface area contributed by atoms with Crippen LogP contribution in [0, 0.1) is 5.82 Å². The maximum Gasteiger partial charge on any atom is 0.252 e. The number of halogens is 1. The van der Waals surface area contributed by atoms with Gasteiger partial charge in [0.15, 0.2) is 0 Å².